The number of nitrogens with one attached hydrogen (secondary N) is 1. The SMILES string of the molecule is CC[C@@H](c1ccccc1)N1Cc2cc3c(cc2C[C@H]1C(=O)NC(Cc1ccc(-c2ccc(Cl)cc2)cc1)C(=O)O)N(C)C(=O)[C@H](c1ccc(OCc2ccc(Cl)c(Cl)c2)cc1)O3. The molecule has 0 fully saturated rings. The van der Waals surface area contributed by atoms with Gasteiger partial charge in [0.1, 0.15) is 24.1 Å². The second kappa shape index (κ2) is 18.6. The molecule has 2 aliphatic rings. The van der Waals surface area contributed by atoms with Crippen LogP contribution in [0.15, 0.2) is 133 Å². The number of hydrogen-bond donors (Lipinski definition) is 2. The van der Waals surface area contributed by atoms with Crippen LogP contribution in [0, 0.1) is 0 Å². The van der Waals surface area contributed by atoms with Crippen molar-refractivity contribution in [2.75, 3.05) is 11.9 Å². The number of carboxylic acid groups (broad SMARTS) is 1. The highest BCUT2D eigenvalue weighted by atomic mass is 35.5. The summed E-state index contributed by atoms with van der Waals surface area (Å²) in [5.74, 6) is -0.566. The predicted octanol–water partition coefficient (Wildman–Crippen LogP) is 10.7. The molecule has 6 aromatic carbocycles. The minimum atomic E-state index is -1.16. The van der Waals surface area contributed by atoms with E-state index in [1.165, 1.54) is 0 Å². The quantitative estimate of drug-likeness (QED) is 0.119. The number of ether oxygens (including phenoxy) is 2. The van der Waals surface area contributed by atoms with Crippen molar-refractivity contribution in [2.24, 2.45) is 0 Å². The van der Waals surface area contributed by atoms with Gasteiger partial charge in [0.2, 0.25) is 12.0 Å². The molecule has 2 heterocycles. The van der Waals surface area contributed by atoms with E-state index in [1.807, 2.05) is 97.1 Å². The fraction of sp³-hybridized carbons (Fsp3) is 0.220. The fourth-order valence-electron chi connectivity index (χ4n) is 8.28. The normalized spacial score (nSPS) is 17.0. The second-order valence-electron chi connectivity index (χ2n) is 15.6. The number of carboxylic acids is 1. The van der Waals surface area contributed by atoms with E-state index < -0.39 is 24.2 Å². The lowest BCUT2D eigenvalue weighted by atomic mass is 9.88. The van der Waals surface area contributed by atoms with Crippen molar-refractivity contribution in [3.8, 4) is 22.6 Å². The number of nitrogens with zero attached hydrogens (tertiary/aromatic N) is 2. The van der Waals surface area contributed by atoms with Crippen LogP contribution >= 0.6 is 34.8 Å². The number of carbonyl (C=O) groups excluding carboxylic acids is 2. The molecule has 0 saturated carbocycles. The molecule has 0 bridgehead atoms. The molecule has 4 atom stereocenters. The smallest absolute Gasteiger partial charge is 0.326 e. The zero-order valence-electron chi connectivity index (χ0n) is 34.1. The molecule has 316 valence electrons. The first-order valence-electron chi connectivity index (χ1n) is 20.4. The van der Waals surface area contributed by atoms with Crippen LogP contribution in [-0.2, 0) is 40.4 Å². The average molecular weight is 889 g/mol. The lowest BCUT2D eigenvalue weighted by Crippen LogP contribution is -2.55. The topological polar surface area (TPSA) is 108 Å². The molecular weight excluding hydrogens is 845 g/mol. The van der Waals surface area contributed by atoms with E-state index in [9.17, 15) is 19.5 Å². The molecule has 0 spiro atoms. The third kappa shape index (κ3) is 9.32. The number of benzene rings is 6. The standard InChI is InChI=1S/C50H44Cl3N3O6/c1-3-43(34-7-5-4-6-8-34)56-28-37-27-46-44(55(2)49(58)47(62-46)35-16-20-39(21-17-35)61-29-31-11-22-40(52)41(53)23-31)25-36(37)26-45(56)48(57)54-42(50(59)60)24-30-9-12-32(13-10-30)33-14-18-38(51)19-15-33/h4-23,25,27,42-43,45,47H,3,24,26,28-29H2,1-2H3,(H,54,57)(H,59,60)/t42?,43-,45-,47-/m0/s1. The van der Waals surface area contributed by atoms with Crippen molar-refractivity contribution in [2.45, 2.75) is 63.6 Å². The molecule has 0 aliphatic carbocycles. The molecule has 62 heavy (non-hydrogen) atoms. The number of halogens is 3. The molecule has 1 unspecified atom stereocenters. The molecule has 2 amide bonds. The van der Waals surface area contributed by atoms with Crippen LogP contribution in [-0.4, -0.2) is 46.9 Å². The minimum absolute atomic E-state index is 0.106. The van der Waals surface area contributed by atoms with E-state index in [-0.39, 0.29) is 24.3 Å². The summed E-state index contributed by atoms with van der Waals surface area (Å²) in [4.78, 5) is 44.8. The second-order valence-corrected chi connectivity index (χ2v) is 16.9. The minimum Gasteiger partial charge on any atom is -0.489 e. The maximum Gasteiger partial charge on any atom is 0.326 e. The van der Waals surface area contributed by atoms with Gasteiger partial charge in [0, 0.05) is 36.6 Å². The van der Waals surface area contributed by atoms with Crippen LogP contribution in [0.5, 0.6) is 11.5 Å². The Morgan fingerprint density at radius 3 is 2.16 bits per heavy atom. The van der Waals surface area contributed by atoms with E-state index in [0.717, 1.165) is 38.9 Å². The van der Waals surface area contributed by atoms with E-state index >= 15 is 0 Å². The average Bonchev–Trinajstić information content (AvgIpc) is 3.28. The highest BCUT2D eigenvalue weighted by Gasteiger charge is 2.40. The summed E-state index contributed by atoms with van der Waals surface area (Å²) in [6.07, 6.45) is 0.227. The number of carbonyl (C=O) groups is 3. The first-order valence-corrected chi connectivity index (χ1v) is 21.5. The molecule has 6 aromatic rings. The summed E-state index contributed by atoms with van der Waals surface area (Å²) >= 11 is 18.3. The number of aliphatic carboxylic acids is 1. The fourth-order valence-corrected chi connectivity index (χ4v) is 8.73. The Bertz CT molecular complexity index is 2590. The van der Waals surface area contributed by atoms with Crippen LogP contribution < -0.4 is 19.7 Å². The molecule has 8 rings (SSSR count). The Hall–Kier alpha value is -5.84. The number of rotatable bonds is 13. The van der Waals surface area contributed by atoms with E-state index in [2.05, 4.69) is 29.3 Å². The van der Waals surface area contributed by atoms with Crippen molar-refractivity contribution in [1.29, 1.82) is 0 Å². The van der Waals surface area contributed by atoms with Crippen molar-refractivity contribution < 1.29 is 29.0 Å². The van der Waals surface area contributed by atoms with Gasteiger partial charge in [-0.15, -0.1) is 0 Å². The zero-order valence-corrected chi connectivity index (χ0v) is 36.3. The van der Waals surface area contributed by atoms with Gasteiger partial charge in [-0.25, -0.2) is 4.79 Å². The third-order valence-electron chi connectivity index (χ3n) is 11.6. The monoisotopic (exact) mass is 887 g/mol. The Kier molecular flexibility index (Phi) is 12.9. The van der Waals surface area contributed by atoms with Gasteiger partial charge < -0.3 is 24.8 Å². The van der Waals surface area contributed by atoms with Crippen molar-refractivity contribution in [3.63, 3.8) is 0 Å². The summed E-state index contributed by atoms with van der Waals surface area (Å²) in [5, 5.41) is 14.9. The molecule has 0 radical (unpaired) electrons. The molecule has 2 N–H and O–H groups in total. The van der Waals surface area contributed by atoms with Crippen LogP contribution in [0.4, 0.5) is 5.69 Å². The van der Waals surface area contributed by atoms with E-state index in [4.69, 9.17) is 44.3 Å². The number of hydrogen-bond acceptors (Lipinski definition) is 6. The predicted molar refractivity (Wildman–Crippen MR) is 243 cm³/mol. The van der Waals surface area contributed by atoms with Gasteiger partial charge in [-0.1, -0.05) is 127 Å². The van der Waals surface area contributed by atoms with Crippen LogP contribution in [0.25, 0.3) is 11.1 Å². The summed E-state index contributed by atoms with van der Waals surface area (Å²) in [7, 11) is 1.72. The molecular formula is C50H44Cl3N3O6. The number of amides is 2. The molecule has 9 nitrogen and oxygen atoms in total. The molecule has 2 aliphatic heterocycles. The maximum absolute atomic E-state index is 14.5. The Morgan fingerprint density at radius 1 is 0.823 bits per heavy atom. The summed E-state index contributed by atoms with van der Waals surface area (Å²) in [6.45, 7) is 2.77. The van der Waals surface area contributed by atoms with E-state index in [1.54, 1.807) is 36.2 Å². The zero-order chi connectivity index (χ0) is 43.5. The lowest BCUT2D eigenvalue weighted by Gasteiger charge is -2.42. The maximum atomic E-state index is 14.5. The van der Waals surface area contributed by atoms with Crippen LogP contribution in [0.2, 0.25) is 15.1 Å². The van der Waals surface area contributed by atoms with Crippen molar-refractivity contribution in [3.05, 3.63) is 182 Å². The van der Waals surface area contributed by atoms with Gasteiger partial charge in [-0.05, 0) is 100 Å². The molecule has 12 heteroatoms. The Labute approximate surface area is 375 Å². The highest BCUT2D eigenvalue weighted by Crippen LogP contribution is 2.43. The van der Waals surface area contributed by atoms with Gasteiger partial charge in [0.05, 0.1) is 21.8 Å². The van der Waals surface area contributed by atoms with Crippen molar-refractivity contribution >= 4 is 58.3 Å². The van der Waals surface area contributed by atoms with Crippen LogP contribution in [0.3, 0.4) is 0 Å². The highest BCUT2D eigenvalue weighted by molar-refractivity contribution is 6.42. The van der Waals surface area contributed by atoms with Gasteiger partial charge in [0.15, 0.2) is 0 Å². The Balaban J connectivity index is 1.02. The lowest BCUT2D eigenvalue weighted by molar-refractivity contribution is -0.143. The number of fused-ring (bicyclic) bond motifs is 2. The largest absolute Gasteiger partial charge is 0.489 e. The van der Waals surface area contributed by atoms with Gasteiger partial charge >= 0.3 is 5.97 Å². The van der Waals surface area contributed by atoms with Crippen LogP contribution in [0.1, 0.15) is 58.9 Å². The summed E-state index contributed by atoms with van der Waals surface area (Å²) in [5.41, 5.74) is 7.78. The van der Waals surface area contributed by atoms with E-state index in [0.29, 0.717) is 63.8 Å². The van der Waals surface area contributed by atoms with Gasteiger partial charge in [-0.2, -0.15) is 0 Å². The molecule has 0 saturated heterocycles. The number of anilines is 1. The summed E-state index contributed by atoms with van der Waals surface area (Å²) < 4.78 is 12.5. The summed E-state index contributed by atoms with van der Waals surface area (Å²) in [6, 6.07) is 39.7. The third-order valence-corrected chi connectivity index (χ3v) is 12.6. The first-order chi connectivity index (χ1) is 29.9. The first kappa shape index (κ1) is 42.8. The molecule has 0 aromatic heterocycles. The van der Waals surface area contributed by atoms with Crippen molar-refractivity contribution in [1.82, 2.24) is 10.2 Å². The Morgan fingerprint density at radius 2 is 1.50 bits per heavy atom. The van der Waals surface area contributed by atoms with Gasteiger partial charge in [-0.3, -0.25) is 14.5 Å². The van der Waals surface area contributed by atoms with Gasteiger partial charge in [0.25, 0.3) is 5.91 Å². The number of likely N-dealkylation sites (N-methyl/N-ethyl adjacent to an activating group) is 1.